The molecule has 0 spiro atoms. The molecule has 1 heterocycles. The van der Waals surface area contributed by atoms with E-state index in [0.29, 0.717) is 6.42 Å². The number of aryl methyl sites for hydroxylation is 1. The SMILES string of the molecule is C.CC.Cc1[c-]cc(C2CC(C(=O)NCC(C)C(=O)O)N(C)C2=O)c(C)c1C.[U]. The summed E-state index contributed by atoms with van der Waals surface area (Å²) < 4.78 is 0. The van der Waals surface area contributed by atoms with E-state index in [-0.39, 0.29) is 62.8 Å². The Kier molecular flexibility index (Phi) is 13.5. The molecule has 29 heavy (non-hydrogen) atoms. The van der Waals surface area contributed by atoms with E-state index in [4.69, 9.17) is 5.11 Å². The van der Waals surface area contributed by atoms with E-state index in [1.165, 1.54) is 11.8 Å². The molecular formula is C22H35N2O4U-. The van der Waals surface area contributed by atoms with Crippen LogP contribution in [0.4, 0.5) is 0 Å². The number of hydrogen-bond acceptors (Lipinski definition) is 3. The maximum absolute atomic E-state index is 12.7. The molecule has 0 aromatic heterocycles. The molecule has 7 heteroatoms. The van der Waals surface area contributed by atoms with Gasteiger partial charge in [0, 0.05) is 50.6 Å². The number of rotatable bonds is 5. The summed E-state index contributed by atoms with van der Waals surface area (Å²) in [7, 11) is 1.62. The van der Waals surface area contributed by atoms with Crippen molar-refractivity contribution >= 4 is 17.8 Å². The summed E-state index contributed by atoms with van der Waals surface area (Å²) in [4.78, 5) is 37.4. The molecule has 2 rings (SSSR count). The van der Waals surface area contributed by atoms with Crippen molar-refractivity contribution in [1.29, 1.82) is 0 Å². The number of hydrogen-bond donors (Lipinski definition) is 2. The number of aliphatic carboxylic acids is 1. The number of carboxylic acids is 1. The van der Waals surface area contributed by atoms with E-state index < -0.39 is 17.9 Å². The van der Waals surface area contributed by atoms with Crippen LogP contribution in [-0.4, -0.2) is 47.4 Å². The van der Waals surface area contributed by atoms with Gasteiger partial charge in [0.15, 0.2) is 0 Å². The first-order chi connectivity index (χ1) is 12.6. The van der Waals surface area contributed by atoms with Gasteiger partial charge >= 0.3 is 5.97 Å². The van der Waals surface area contributed by atoms with Gasteiger partial charge in [-0.1, -0.05) is 49.0 Å². The first-order valence-electron chi connectivity index (χ1n) is 9.40. The van der Waals surface area contributed by atoms with Crippen molar-refractivity contribution in [2.24, 2.45) is 5.92 Å². The Balaban J connectivity index is 0. The first kappa shape index (κ1) is 29.9. The van der Waals surface area contributed by atoms with Crippen LogP contribution in [0.5, 0.6) is 0 Å². The largest absolute Gasteiger partial charge is 0.481 e. The standard InChI is InChI=1S/C19H25N2O4.C2H6.CH4.U/c1-10-6-7-14(13(4)12(10)3)15-8-16(21(5)18(15)23)17(22)20-9-11(2)19(24)25;1-2;;/h7,11,15-16H,8-9H2,1-5H3,(H,20,22)(H,24,25);1-2H3;1H4;/q-1;;;. The van der Waals surface area contributed by atoms with Crippen LogP contribution in [-0.2, 0) is 14.4 Å². The Morgan fingerprint density at radius 2 is 1.83 bits per heavy atom. The first-order valence-corrected chi connectivity index (χ1v) is 9.40. The van der Waals surface area contributed by atoms with Gasteiger partial charge in [0.2, 0.25) is 11.8 Å². The number of carbonyl (C=O) groups is 3. The second kappa shape index (κ2) is 13.1. The Morgan fingerprint density at radius 3 is 2.34 bits per heavy atom. The molecular weight excluding hydrogens is 594 g/mol. The molecule has 1 saturated heterocycles. The quantitative estimate of drug-likeness (QED) is 0.490. The summed E-state index contributed by atoms with van der Waals surface area (Å²) in [5.41, 5.74) is 4.13. The zero-order valence-electron chi connectivity index (χ0n) is 17.8. The third-order valence-corrected chi connectivity index (χ3v) is 5.26. The summed E-state index contributed by atoms with van der Waals surface area (Å²) in [5.74, 6) is -2.40. The fraction of sp³-hybridized carbons (Fsp3) is 0.591. The molecule has 1 aromatic rings. The van der Waals surface area contributed by atoms with Gasteiger partial charge < -0.3 is 15.3 Å². The Bertz CT molecular complexity index is 721. The number of likely N-dealkylation sites (tertiary alicyclic amines) is 1. The van der Waals surface area contributed by atoms with Crippen LogP contribution >= 0.6 is 0 Å². The van der Waals surface area contributed by atoms with Crippen LogP contribution in [0.3, 0.4) is 0 Å². The number of amides is 2. The van der Waals surface area contributed by atoms with Crippen LogP contribution in [0.15, 0.2) is 6.07 Å². The van der Waals surface area contributed by atoms with E-state index in [1.54, 1.807) is 7.05 Å². The van der Waals surface area contributed by atoms with E-state index in [2.05, 4.69) is 11.4 Å². The van der Waals surface area contributed by atoms with Gasteiger partial charge in [-0.3, -0.25) is 14.4 Å². The van der Waals surface area contributed by atoms with Crippen LogP contribution in [0.1, 0.15) is 62.8 Å². The third-order valence-electron chi connectivity index (χ3n) is 5.26. The predicted octanol–water partition coefficient (Wildman–Crippen LogP) is 3.23. The minimum atomic E-state index is -0.963. The predicted molar refractivity (Wildman–Crippen MR) is 111 cm³/mol. The molecule has 3 atom stereocenters. The van der Waals surface area contributed by atoms with E-state index in [0.717, 1.165) is 22.3 Å². The topological polar surface area (TPSA) is 86.7 Å². The number of likely N-dealkylation sites (N-methyl/N-ethyl adjacent to an activating group) is 1. The van der Waals surface area contributed by atoms with Crippen LogP contribution < -0.4 is 5.32 Å². The molecule has 6 nitrogen and oxygen atoms in total. The average molecular weight is 630 g/mol. The summed E-state index contributed by atoms with van der Waals surface area (Å²) in [6.45, 7) is 11.6. The summed E-state index contributed by atoms with van der Waals surface area (Å²) in [6.07, 6.45) is 0.389. The molecule has 0 aliphatic carbocycles. The summed E-state index contributed by atoms with van der Waals surface area (Å²) in [6, 6.07) is 4.45. The van der Waals surface area contributed by atoms with E-state index in [9.17, 15) is 14.4 Å². The molecule has 3 unspecified atom stereocenters. The van der Waals surface area contributed by atoms with Gasteiger partial charge in [0.25, 0.3) is 0 Å². The number of carbonyl (C=O) groups excluding carboxylic acids is 2. The van der Waals surface area contributed by atoms with Crippen molar-refractivity contribution in [3.8, 4) is 0 Å². The molecule has 1 fully saturated rings. The molecule has 1 aliphatic heterocycles. The molecule has 1 aromatic carbocycles. The van der Waals surface area contributed by atoms with Crippen molar-refractivity contribution in [1.82, 2.24) is 10.2 Å². The number of nitrogens with one attached hydrogen (secondary N) is 1. The Hall–Kier alpha value is -1.32. The van der Waals surface area contributed by atoms with Gasteiger partial charge in [0.1, 0.15) is 6.04 Å². The Morgan fingerprint density at radius 1 is 1.28 bits per heavy atom. The van der Waals surface area contributed by atoms with Crippen LogP contribution in [0.2, 0.25) is 0 Å². The fourth-order valence-corrected chi connectivity index (χ4v) is 3.15. The monoisotopic (exact) mass is 629 g/mol. The third kappa shape index (κ3) is 6.86. The Labute approximate surface area is 199 Å². The van der Waals surface area contributed by atoms with Crippen molar-refractivity contribution < 1.29 is 50.6 Å². The van der Waals surface area contributed by atoms with Crippen molar-refractivity contribution in [3.05, 3.63) is 34.4 Å². The van der Waals surface area contributed by atoms with Gasteiger partial charge in [0.05, 0.1) is 5.92 Å². The van der Waals surface area contributed by atoms with Crippen molar-refractivity contribution in [2.75, 3.05) is 13.6 Å². The molecule has 0 radical (unpaired) electrons. The minimum Gasteiger partial charge on any atom is -0.481 e. The van der Waals surface area contributed by atoms with Gasteiger partial charge in [-0.15, -0.1) is 5.56 Å². The maximum Gasteiger partial charge on any atom is 0.308 e. The van der Waals surface area contributed by atoms with Crippen LogP contribution in [0, 0.1) is 63.9 Å². The zero-order chi connectivity index (χ0) is 20.9. The van der Waals surface area contributed by atoms with Gasteiger partial charge in [-0.25, -0.2) is 0 Å². The van der Waals surface area contributed by atoms with Crippen LogP contribution in [0.25, 0.3) is 0 Å². The molecule has 2 N–H and O–H groups in total. The van der Waals surface area contributed by atoms with E-state index in [1.807, 2.05) is 40.7 Å². The molecule has 0 bridgehead atoms. The fourth-order valence-electron chi connectivity index (χ4n) is 3.15. The summed E-state index contributed by atoms with van der Waals surface area (Å²) >= 11 is 0. The average Bonchev–Trinajstić information content (AvgIpc) is 2.94. The molecule has 162 valence electrons. The summed E-state index contributed by atoms with van der Waals surface area (Å²) in [5, 5.41) is 11.5. The number of carboxylic acid groups (broad SMARTS) is 1. The minimum absolute atomic E-state index is 0. The number of nitrogens with zero attached hydrogens (tertiary/aromatic N) is 1. The molecule has 2 amide bonds. The maximum atomic E-state index is 12.7. The van der Waals surface area contributed by atoms with Gasteiger partial charge in [-0.05, 0) is 6.42 Å². The molecule has 1 aliphatic rings. The van der Waals surface area contributed by atoms with Crippen molar-refractivity contribution in [2.45, 2.75) is 67.3 Å². The van der Waals surface area contributed by atoms with Gasteiger partial charge in [-0.2, -0.15) is 28.8 Å². The zero-order valence-corrected chi connectivity index (χ0v) is 22.0. The second-order valence-corrected chi connectivity index (χ2v) is 6.86. The second-order valence-electron chi connectivity index (χ2n) is 6.86. The normalized spacial score (nSPS) is 18.6. The molecule has 0 saturated carbocycles. The van der Waals surface area contributed by atoms with E-state index >= 15 is 0 Å². The smallest absolute Gasteiger partial charge is 0.308 e. The number of benzene rings is 1. The van der Waals surface area contributed by atoms with Crippen molar-refractivity contribution in [3.63, 3.8) is 0 Å².